The molecule has 0 unspecified atom stereocenters. The van der Waals surface area contributed by atoms with Crippen molar-refractivity contribution in [2.75, 3.05) is 50.9 Å². The van der Waals surface area contributed by atoms with Gasteiger partial charge in [0.15, 0.2) is 5.82 Å². The summed E-state index contributed by atoms with van der Waals surface area (Å²) in [5, 5.41) is 6.18. The molecule has 2 N–H and O–H groups in total. The average Bonchev–Trinajstić information content (AvgIpc) is 3.39. The third kappa shape index (κ3) is 5.77. The number of benzene rings is 2. The molecule has 1 aliphatic rings. The molecule has 1 saturated heterocycles. The molecule has 176 valence electrons. The Morgan fingerprint density at radius 2 is 1.68 bits per heavy atom. The smallest absolute Gasteiger partial charge is 0.274 e. The Morgan fingerprint density at radius 3 is 2.41 bits per heavy atom. The third-order valence-electron chi connectivity index (χ3n) is 5.65. The molecule has 34 heavy (non-hydrogen) atoms. The van der Waals surface area contributed by atoms with E-state index in [2.05, 4.69) is 25.5 Å². The standard InChI is InChI=1S/C26H30N6O2/c1-31(2)17-14-27-23-18-22(28-24(30-23)19-10-4-3-5-11-19)25(33)29-21-13-7-6-12-20(21)26(34)32-15-8-9-16-32/h3-7,10-13,18H,8-9,14-17H2,1-2H3,(H,29,33)(H,27,28,30). The maximum atomic E-state index is 13.3. The molecule has 2 amide bonds. The highest BCUT2D eigenvalue weighted by atomic mass is 16.2. The van der Waals surface area contributed by atoms with Gasteiger partial charge in [0.1, 0.15) is 11.5 Å². The summed E-state index contributed by atoms with van der Waals surface area (Å²) in [5.74, 6) is 0.577. The fraction of sp³-hybridized carbons (Fsp3) is 0.308. The Hall–Kier alpha value is -3.78. The van der Waals surface area contributed by atoms with Crippen molar-refractivity contribution < 1.29 is 9.59 Å². The molecule has 0 saturated carbocycles. The minimum Gasteiger partial charge on any atom is -0.369 e. The summed E-state index contributed by atoms with van der Waals surface area (Å²) < 4.78 is 0. The molecular formula is C26H30N6O2. The molecule has 1 aromatic heterocycles. The van der Waals surface area contributed by atoms with Crippen LogP contribution in [0.4, 0.5) is 11.5 Å². The molecule has 8 heteroatoms. The largest absolute Gasteiger partial charge is 0.369 e. The van der Waals surface area contributed by atoms with Gasteiger partial charge in [0.2, 0.25) is 0 Å². The minimum absolute atomic E-state index is 0.0629. The van der Waals surface area contributed by atoms with Crippen LogP contribution in [0, 0.1) is 0 Å². The number of carbonyl (C=O) groups is 2. The van der Waals surface area contributed by atoms with Crippen molar-refractivity contribution in [3.05, 3.63) is 71.9 Å². The van der Waals surface area contributed by atoms with Gasteiger partial charge in [-0.2, -0.15) is 0 Å². The Labute approximate surface area is 200 Å². The van der Waals surface area contributed by atoms with Crippen LogP contribution >= 0.6 is 0 Å². The van der Waals surface area contributed by atoms with Gasteiger partial charge < -0.3 is 20.4 Å². The molecule has 0 atom stereocenters. The topological polar surface area (TPSA) is 90.5 Å². The number of likely N-dealkylation sites (tertiary alicyclic amines) is 1. The van der Waals surface area contributed by atoms with E-state index in [4.69, 9.17) is 0 Å². The molecule has 8 nitrogen and oxygen atoms in total. The first kappa shape index (κ1) is 23.4. The van der Waals surface area contributed by atoms with Crippen LogP contribution in [0.3, 0.4) is 0 Å². The maximum Gasteiger partial charge on any atom is 0.274 e. The second-order valence-corrected chi connectivity index (χ2v) is 8.56. The van der Waals surface area contributed by atoms with E-state index in [1.807, 2.05) is 55.4 Å². The zero-order chi connectivity index (χ0) is 23.9. The van der Waals surface area contributed by atoms with E-state index in [9.17, 15) is 9.59 Å². The Bertz CT molecular complexity index is 1140. The number of para-hydroxylation sites is 1. The number of anilines is 2. The van der Waals surface area contributed by atoms with Gasteiger partial charge in [0, 0.05) is 37.8 Å². The molecule has 2 heterocycles. The van der Waals surface area contributed by atoms with Crippen molar-refractivity contribution in [2.45, 2.75) is 12.8 Å². The van der Waals surface area contributed by atoms with Gasteiger partial charge in [-0.15, -0.1) is 0 Å². The van der Waals surface area contributed by atoms with E-state index in [0.29, 0.717) is 29.4 Å². The number of likely N-dealkylation sites (N-methyl/N-ethyl adjacent to an activating group) is 1. The van der Waals surface area contributed by atoms with Gasteiger partial charge in [-0.25, -0.2) is 9.97 Å². The van der Waals surface area contributed by atoms with Gasteiger partial charge in [-0.1, -0.05) is 42.5 Å². The van der Waals surface area contributed by atoms with Crippen molar-refractivity contribution in [3.8, 4) is 11.4 Å². The van der Waals surface area contributed by atoms with Crippen molar-refractivity contribution in [3.63, 3.8) is 0 Å². The molecular weight excluding hydrogens is 428 g/mol. The van der Waals surface area contributed by atoms with Crippen molar-refractivity contribution in [2.24, 2.45) is 0 Å². The average molecular weight is 459 g/mol. The zero-order valence-electron chi connectivity index (χ0n) is 19.6. The van der Waals surface area contributed by atoms with E-state index < -0.39 is 5.91 Å². The number of amides is 2. The summed E-state index contributed by atoms with van der Waals surface area (Å²) in [6.07, 6.45) is 2.01. The van der Waals surface area contributed by atoms with Crippen LogP contribution in [0.25, 0.3) is 11.4 Å². The van der Waals surface area contributed by atoms with Gasteiger partial charge in [-0.05, 0) is 39.1 Å². The van der Waals surface area contributed by atoms with Crippen LogP contribution < -0.4 is 10.6 Å². The lowest BCUT2D eigenvalue weighted by Crippen LogP contribution is -2.29. The summed E-state index contributed by atoms with van der Waals surface area (Å²) in [7, 11) is 3.99. The lowest BCUT2D eigenvalue weighted by molar-refractivity contribution is 0.0794. The fourth-order valence-electron chi connectivity index (χ4n) is 3.83. The number of nitrogens with one attached hydrogen (secondary N) is 2. The second-order valence-electron chi connectivity index (χ2n) is 8.56. The molecule has 0 spiro atoms. The van der Waals surface area contributed by atoms with Crippen molar-refractivity contribution in [1.82, 2.24) is 19.8 Å². The molecule has 1 aliphatic heterocycles. The normalized spacial score (nSPS) is 13.2. The number of hydrogen-bond acceptors (Lipinski definition) is 6. The summed E-state index contributed by atoms with van der Waals surface area (Å²) in [6, 6.07) is 18.3. The first-order chi connectivity index (χ1) is 16.5. The molecule has 1 fully saturated rings. The Morgan fingerprint density at radius 1 is 0.971 bits per heavy atom. The van der Waals surface area contributed by atoms with Crippen LogP contribution in [-0.4, -0.2) is 71.9 Å². The van der Waals surface area contributed by atoms with Crippen molar-refractivity contribution in [1.29, 1.82) is 0 Å². The molecule has 4 rings (SSSR count). The number of carbonyl (C=O) groups excluding carboxylic acids is 2. The highest BCUT2D eigenvalue weighted by Gasteiger charge is 2.23. The summed E-state index contributed by atoms with van der Waals surface area (Å²) >= 11 is 0. The highest BCUT2D eigenvalue weighted by molar-refractivity contribution is 6.08. The lowest BCUT2D eigenvalue weighted by Gasteiger charge is -2.18. The zero-order valence-corrected chi connectivity index (χ0v) is 19.6. The van der Waals surface area contributed by atoms with E-state index in [1.54, 1.807) is 24.3 Å². The number of nitrogens with zero attached hydrogens (tertiary/aromatic N) is 4. The van der Waals surface area contributed by atoms with E-state index in [0.717, 1.165) is 38.0 Å². The van der Waals surface area contributed by atoms with Crippen molar-refractivity contribution >= 4 is 23.3 Å². The number of rotatable bonds is 8. The molecule has 0 bridgehead atoms. The summed E-state index contributed by atoms with van der Waals surface area (Å²) in [6.45, 7) is 2.98. The number of hydrogen-bond donors (Lipinski definition) is 2. The Balaban J connectivity index is 1.61. The summed E-state index contributed by atoms with van der Waals surface area (Å²) in [5.41, 5.74) is 2.01. The third-order valence-corrected chi connectivity index (χ3v) is 5.65. The SMILES string of the molecule is CN(C)CCNc1cc(C(=O)Nc2ccccc2C(=O)N2CCCC2)nc(-c2ccccc2)n1. The van der Waals surface area contributed by atoms with E-state index in [-0.39, 0.29) is 11.6 Å². The quantitative estimate of drug-likeness (QED) is 0.536. The van der Waals surface area contributed by atoms with Crippen LogP contribution in [0.1, 0.15) is 33.7 Å². The first-order valence-corrected chi connectivity index (χ1v) is 11.5. The van der Waals surface area contributed by atoms with Gasteiger partial charge in [0.05, 0.1) is 11.3 Å². The van der Waals surface area contributed by atoms with Gasteiger partial charge in [-0.3, -0.25) is 9.59 Å². The van der Waals surface area contributed by atoms with E-state index >= 15 is 0 Å². The molecule has 0 aliphatic carbocycles. The minimum atomic E-state index is -0.392. The Kier molecular flexibility index (Phi) is 7.49. The fourth-order valence-corrected chi connectivity index (χ4v) is 3.83. The number of aromatic nitrogens is 2. The van der Waals surface area contributed by atoms with Crippen LogP contribution in [-0.2, 0) is 0 Å². The second kappa shape index (κ2) is 10.9. The first-order valence-electron chi connectivity index (χ1n) is 11.5. The molecule has 2 aromatic carbocycles. The molecule has 3 aromatic rings. The lowest BCUT2D eigenvalue weighted by atomic mass is 10.1. The van der Waals surface area contributed by atoms with Gasteiger partial charge >= 0.3 is 0 Å². The predicted octanol–water partition coefficient (Wildman–Crippen LogP) is 3.61. The maximum absolute atomic E-state index is 13.3. The van der Waals surface area contributed by atoms with Crippen LogP contribution in [0.2, 0.25) is 0 Å². The summed E-state index contributed by atoms with van der Waals surface area (Å²) in [4.78, 5) is 39.3. The highest BCUT2D eigenvalue weighted by Crippen LogP contribution is 2.22. The monoisotopic (exact) mass is 458 g/mol. The predicted molar refractivity (Wildman–Crippen MR) is 134 cm³/mol. The van der Waals surface area contributed by atoms with Gasteiger partial charge in [0.25, 0.3) is 11.8 Å². The van der Waals surface area contributed by atoms with E-state index in [1.165, 1.54) is 0 Å². The van der Waals surface area contributed by atoms with Crippen LogP contribution in [0.15, 0.2) is 60.7 Å². The molecule has 0 radical (unpaired) electrons. The van der Waals surface area contributed by atoms with Crippen LogP contribution in [0.5, 0.6) is 0 Å².